The second-order valence-corrected chi connectivity index (χ2v) is 7.38. The molecule has 2 aliphatic rings. The highest BCUT2D eigenvalue weighted by Crippen LogP contribution is 2.31. The van der Waals surface area contributed by atoms with E-state index in [2.05, 4.69) is 20.9 Å². The molecule has 2 atom stereocenters. The van der Waals surface area contributed by atoms with Crippen LogP contribution in [0.2, 0.25) is 0 Å². The Bertz CT molecular complexity index is 887. The number of nitrogens with zero attached hydrogens (tertiary/aromatic N) is 4. The van der Waals surface area contributed by atoms with Gasteiger partial charge in [0.25, 0.3) is 5.91 Å². The van der Waals surface area contributed by atoms with Crippen LogP contribution in [0.25, 0.3) is 0 Å². The van der Waals surface area contributed by atoms with Crippen molar-refractivity contribution in [3.63, 3.8) is 0 Å². The fourth-order valence-electron chi connectivity index (χ4n) is 3.50. The van der Waals surface area contributed by atoms with Crippen molar-refractivity contribution in [2.75, 3.05) is 7.05 Å². The molecule has 0 radical (unpaired) electrons. The molecule has 0 N–H and O–H groups in total. The first kappa shape index (κ1) is 17.7. The van der Waals surface area contributed by atoms with Gasteiger partial charge in [0.1, 0.15) is 0 Å². The van der Waals surface area contributed by atoms with Crippen LogP contribution in [0.1, 0.15) is 11.1 Å². The first-order valence-corrected chi connectivity index (χ1v) is 9.51. The zero-order valence-electron chi connectivity index (χ0n) is 14.8. The summed E-state index contributed by atoms with van der Waals surface area (Å²) in [6, 6.07) is 18.6. The SMILES string of the molecule is CN1C(=O)N(Cc2ccccc2)C(=O)C2C1N=C(Br)N2Cc1ccccc1. The Labute approximate surface area is 166 Å². The average Bonchev–Trinajstić information content (AvgIpc) is 3.02. The summed E-state index contributed by atoms with van der Waals surface area (Å²) >= 11 is 3.48. The van der Waals surface area contributed by atoms with Gasteiger partial charge in [0, 0.05) is 13.6 Å². The molecule has 2 unspecified atom stereocenters. The molecule has 6 nitrogen and oxygen atoms in total. The van der Waals surface area contributed by atoms with E-state index in [1.807, 2.05) is 65.6 Å². The Balaban J connectivity index is 1.62. The third-order valence-electron chi connectivity index (χ3n) is 4.92. The number of aliphatic imine (C=N–C) groups is 1. The molecule has 0 bridgehead atoms. The van der Waals surface area contributed by atoms with Gasteiger partial charge in [-0.1, -0.05) is 60.7 Å². The number of amides is 3. The maximum Gasteiger partial charge on any atom is 0.328 e. The van der Waals surface area contributed by atoms with Gasteiger partial charge in [0.2, 0.25) is 0 Å². The second-order valence-electron chi connectivity index (χ2n) is 6.67. The predicted molar refractivity (Wildman–Crippen MR) is 106 cm³/mol. The van der Waals surface area contributed by atoms with Crippen molar-refractivity contribution in [2.24, 2.45) is 4.99 Å². The lowest BCUT2D eigenvalue weighted by molar-refractivity contribution is -0.138. The Morgan fingerprint density at radius 1 is 0.926 bits per heavy atom. The number of rotatable bonds is 4. The third kappa shape index (κ3) is 3.23. The molecule has 3 amide bonds. The highest BCUT2D eigenvalue weighted by Gasteiger charge is 2.51. The number of likely N-dealkylation sites (N-methyl/N-ethyl adjacent to an activating group) is 1. The normalized spacial score (nSPS) is 22.1. The summed E-state index contributed by atoms with van der Waals surface area (Å²) in [5, 5.41) is 0. The van der Waals surface area contributed by atoms with E-state index in [4.69, 9.17) is 0 Å². The van der Waals surface area contributed by atoms with Gasteiger partial charge >= 0.3 is 6.03 Å². The zero-order valence-corrected chi connectivity index (χ0v) is 16.4. The van der Waals surface area contributed by atoms with Crippen LogP contribution in [0.5, 0.6) is 0 Å². The molecule has 2 aromatic rings. The van der Waals surface area contributed by atoms with Crippen LogP contribution < -0.4 is 0 Å². The molecular weight excluding hydrogens is 408 g/mol. The summed E-state index contributed by atoms with van der Waals surface area (Å²) < 4.78 is 0.593. The van der Waals surface area contributed by atoms with Gasteiger partial charge in [0.15, 0.2) is 17.0 Å². The molecule has 4 rings (SSSR count). The molecule has 0 aromatic heterocycles. The van der Waals surface area contributed by atoms with Crippen molar-refractivity contribution < 1.29 is 9.59 Å². The van der Waals surface area contributed by atoms with E-state index < -0.39 is 12.2 Å². The van der Waals surface area contributed by atoms with Gasteiger partial charge in [-0.15, -0.1) is 0 Å². The topological polar surface area (TPSA) is 56.2 Å². The number of amidine groups is 1. The lowest BCUT2D eigenvalue weighted by atomic mass is 10.1. The third-order valence-corrected chi connectivity index (χ3v) is 5.58. The summed E-state index contributed by atoms with van der Waals surface area (Å²) in [4.78, 5) is 35.3. The van der Waals surface area contributed by atoms with Gasteiger partial charge in [-0.25, -0.2) is 9.79 Å². The van der Waals surface area contributed by atoms with E-state index >= 15 is 0 Å². The van der Waals surface area contributed by atoms with Crippen molar-refractivity contribution in [1.82, 2.24) is 14.7 Å². The van der Waals surface area contributed by atoms with Gasteiger partial charge in [-0.3, -0.25) is 9.69 Å². The number of halogens is 1. The quantitative estimate of drug-likeness (QED) is 0.705. The van der Waals surface area contributed by atoms with Crippen LogP contribution in [-0.2, 0) is 17.9 Å². The standard InChI is InChI=1S/C20H19BrN4O2/c1-23-17-16(24(19(21)22-17)12-14-8-4-2-5-9-14)18(26)25(20(23)27)13-15-10-6-3-7-11-15/h2-11,16-17H,12-13H2,1H3. The summed E-state index contributed by atoms with van der Waals surface area (Å²) in [7, 11) is 1.69. The fourth-order valence-corrected chi connectivity index (χ4v) is 4.06. The van der Waals surface area contributed by atoms with Crippen LogP contribution >= 0.6 is 15.9 Å². The Morgan fingerprint density at radius 2 is 1.48 bits per heavy atom. The van der Waals surface area contributed by atoms with E-state index in [9.17, 15) is 9.59 Å². The second kappa shape index (κ2) is 7.15. The van der Waals surface area contributed by atoms with Crippen LogP contribution in [0.3, 0.4) is 0 Å². The van der Waals surface area contributed by atoms with Gasteiger partial charge in [0.05, 0.1) is 6.54 Å². The van der Waals surface area contributed by atoms with Crippen molar-refractivity contribution >= 4 is 32.6 Å². The molecule has 7 heteroatoms. The molecule has 0 spiro atoms. The van der Waals surface area contributed by atoms with Gasteiger partial charge < -0.3 is 9.80 Å². The first-order chi connectivity index (χ1) is 13.1. The van der Waals surface area contributed by atoms with Crippen LogP contribution in [0, 0.1) is 0 Å². The highest BCUT2D eigenvalue weighted by atomic mass is 79.9. The van der Waals surface area contributed by atoms with Crippen LogP contribution in [0.4, 0.5) is 4.79 Å². The van der Waals surface area contributed by atoms with Crippen molar-refractivity contribution in [2.45, 2.75) is 25.3 Å². The van der Waals surface area contributed by atoms with Crippen LogP contribution in [-0.4, -0.2) is 50.6 Å². The summed E-state index contributed by atoms with van der Waals surface area (Å²) in [6.45, 7) is 0.794. The van der Waals surface area contributed by atoms with E-state index in [0.29, 0.717) is 11.3 Å². The molecule has 2 heterocycles. The molecule has 1 saturated heterocycles. The van der Waals surface area contributed by atoms with Crippen LogP contribution in [0.15, 0.2) is 65.7 Å². The summed E-state index contributed by atoms with van der Waals surface area (Å²) in [5.74, 6) is -0.221. The number of carbonyl (C=O) groups excluding carboxylic acids is 2. The van der Waals surface area contributed by atoms with E-state index in [1.54, 1.807) is 11.9 Å². The minimum atomic E-state index is -0.536. The van der Waals surface area contributed by atoms with E-state index in [-0.39, 0.29) is 18.5 Å². The minimum absolute atomic E-state index is 0.221. The molecule has 0 aliphatic carbocycles. The minimum Gasteiger partial charge on any atom is -0.331 e. The molecule has 2 aromatic carbocycles. The molecule has 0 saturated carbocycles. The molecule has 2 aliphatic heterocycles. The number of hydrogen-bond donors (Lipinski definition) is 0. The van der Waals surface area contributed by atoms with Gasteiger partial charge in [-0.2, -0.15) is 0 Å². The summed E-state index contributed by atoms with van der Waals surface area (Å²) in [5.41, 5.74) is 1.99. The van der Waals surface area contributed by atoms with Gasteiger partial charge in [-0.05, 0) is 27.1 Å². The monoisotopic (exact) mass is 426 g/mol. The number of imide groups is 1. The van der Waals surface area contributed by atoms with Crippen molar-refractivity contribution in [3.05, 3.63) is 71.8 Å². The van der Waals surface area contributed by atoms with Crippen molar-refractivity contribution in [3.8, 4) is 0 Å². The number of hydrogen-bond acceptors (Lipinski definition) is 4. The molecule has 27 heavy (non-hydrogen) atoms. The average molecular weight is 427 g/mol. The number of fused-ring (bicyclic) bond motifs is 1. The number of carbonyl (C=O) groups is 2. The Kier molecular flexibility index (Phi) is 4.70. The zero-order chi connectivity index (χ0) is 19.0. The predicted octanol–water partition coefficient (Wildman–Crippen LogP) is 3.04. The maximum absolute atomic E-state index is 13.3. The largest absolute Gasteiger partial charge is 0.331 e. The first-order valence-electron chi connectivity index (χ1n) is 8.72. The molecule has 138 valence electrons. The van der Waals surface area contributed by atoms with E-state index in [0.717, 1.165) is 11.1 Å². The van der Waals surface area contributed by atoms with Crippen molar-refractivity contribution in [1.29, 1.82) is 0 Å². The van der Waals surface area contributed by atoms with E-state index in [1.165, 1.54) is 4.90 Å². The highest BCUT2D eigenvalue weighted by molar-refractivity contribution is 9.18. The lowest BCUT2D eigenvalue weighted by Crippen LogP contribution is -2.64. The Hall–Kier alpha value is -2.67. The number of urea groups is 1. The smallest absolute Gasteiger partial charge is 0.328 e. The fraction of sp³-hybridized carbons (Fsp3) is 0.250. The Morgan fingerprint density at radius 3 is 2.07 bits per heavy atom. The lowest BCUT2D eigenvalue weighted by Gasteiger charge is -2.41. The molecule has 1 fully saturated rings. The summed E-state index contributed by atoms with van der Waals surface area (Å²) in [6.07, 6.45) is -0.518. The maximum atomic E-state index is 13.3. The molecular formula is C20H19BrN4O2. The number of benzene rings is 2.